The molecule has 3 aromatic heterocycles. The van der Waals surface area contributed by atoms with Crippen LogP contribution in [0.25, 0.3) is 22.3 Å². The van der Waals surface area contributed by atoms with Crippen LogP contribution in [0.5, 0.6) is 11.5 Å². The van der Waals surface area contributed by atoms with Crippen LogP contribution in [-0.4, -0.2) is 50.5 Å². The fraction of sp³-hybridized carbons (Fsp3) is 0.320. The number of aliphatic imine (C=N–C) groups is 1. The van der Waals surface area contributed by atoms with Gasteiger partial charge in [-0.15, -0.1) is 0 Å². The van der Waals surface area contributed by atoms with E-state index in [9.17, 15) is 5.11 Å². The van der Waals surface area contributed by atoms with Crippen LogP contribution < -0.4 is 4.74 Å². The van der Waals surface area contributed by atoms with Gasteiger partial charge >= 0.3 is 0 Å². The van der Waals surface area contributed by atoms with Crippen molar-refractivity contribution in [2.75, 3.05) is 19.8 Å². The molecule has 182 valence electrons. The maximum absolute atomic E-state index is 15.0. The normalized spacial score (nSPS) is 17.9. The lowest BCUT2D eigenvalue weighted by Gasteiger charge is -2.30. The van der Waals surface area contributed by atoms with Gasteiger partial charge in [0.2, 0.25) is 0 Å². The van der Waals surface area contributed by atoms with E-state index in [1.807, 2.05) is 24.6 Å². The highest BCUT2D eigenvalue weighted by Gasteiger charge is 2.29. The molecule has 0 spiro atoms. The summed E-state index contributed by atoms with van der Waals surface area (Å²) in [6.45, 7) is 5.13. The Bertz CT molecular complexity index is 1390. The summed E-state index contributed by atoms with van der Waals surface area (Å²) in [5.74, 6) is -1.53. The maximum atomic E-state index is 15.0. The number of fused-ring (bicyclic) bond motifs is 1. The largest absolute Gasteiger partial charge is 0.480 e. The predicted octanol–water partition coefficient (Wildman–Crippen LogP) is 4.49. The fourth-order valence-corrected chi connectivity index (χ4v) is 4.05. The number of nitrogens with zero attached hydrogens (tertiary/aromatic N) is 4. The second-order valence-corrected chi connectivity index (χ2v) is 8.90. The summed E-state index contributed by atoms with van der Waals surface area (Å²) in [7, 11) is 0. The molecule has 0 radical (unpaired) electrons. The molecule has 0 fully saturated rings. The molecule has 5 rings (SSSR count). The van der Waals surface area contributed by atoms with Crippen molar-refractivity contribution in [2.45, 2.75) is 26.8 Å². The second-order valence-electron chi connectivity index (χ2n) is 8.90. The number of benzene rings is 1. The number of aryl methyl sites for hydroxylation is 1. The van der Waals surface area contributed by atoms with E-state index < -0.39 is 22.8 Å². The first-order valence-electron chi connectivity index (χ1n) is 11.3. The van der Waals surface area contributed by atoms with Crippen LogP contribution in [0.15, 0.2) is 47.8 Å². The van der Waals surface area contributed by atoms with Crippen molar-refractivity contribution in [1.29, 1.82) is 0 Å². The molecule has 35 heavy (non-hydrogen) atoms. The van der Waals surface area contributed by atoms with Crippen LogP contribution in [0.3, 0.4) is 0 Å². The van der Waals surface area contributed by atoms with Gasteiger partial charge in [0.15, 0.2) is 23.3 Å². The Morgan fingerprint density at radius 2 is 2.03 bits per heavy atom. The van der Waals surface area contributed by atoms with E-state index in [4.69, 9.17) is 9.47 Å². The lowest BCUT2D eigenvalue weighted by atomic mass is 9.92. The van der Waals surface area contributed by atoms with Gasteiger partial charge in [-0.3, -0.25) is 9.67 Å². The van der Waals surface area contributed by atoms with Gasteiger partial charge in [0, 0.05) is 42.5 Å². The van der Waals surface area contributed by atoms with Crippen LogP contribution >= 0.6 is 0 Å². The number of aliphatic hydroxyl groups excluding tert-OH is 1. The number of rotatable bonds is 7. The minimum atomic E-state index is -0.836. The van der Waals surface area contributed by atoms with Crippen molar-refractivity contribution in [3.63, 3.8) is 0 Å². The van der Waals surface area contributed by atoms with Crippen molar-refractivity contribution in [1.82, 2.24) is 19.7 Å². The minimum absolute atomic E-state index is 0.0506. The molecule has 10 heteroatoms. The van der Waals surface area contributed by atoms with Crippen molar-refractivity contribution in [2.24, 2.45) is 10.4 Å². The quantitative estimate of drug-likeness (QED) is 0.406. The van der Waals surface area contributed by atoms with Crippen LogP contribution in [0.1, 0.15) is 19.4 Å². The summed E-state index contributed by atoms with van der Waals surface area (Å²) in [4.78, 5) is 11.7. The molecule has 1 atom stereocenters. The number of aromatic nitrogens is 4. The van der Waals surface area contributed by atoms with Gasteiger partial charge in [-0.1, -0.05) is 6.92 Å². The molecule has 1 aliphatic rings. The number of halogens is 2. The lowest BCUT2D eigenvalue weighted by molar-refractivity contribution is 0.0691. The Hall–Kier alpha value is -3.79. The van der Waals surface area contributed by atoms with Gasteiger partial charge < -0.3 is 19.6 Å². The Morgan fingerprint density at radius 3 is 2.71 bits per heavy atom. The van der Waals surface area contributed by atoms with Crippen molar-refractivity contribution >= 4 is 16.9 Å². The highest BCUT2D eigenvalue weighted by Crippen LogP contribution is 2.38. The molecule has 4 heterocycles. The molecule has 1 aromatic carbocycles. The number of aliphatic hydroxyl groups is 1. The standard InChI is InChI=1S/C25H25F2N5O3/c1-3-32-19(4-7-31-32)16-11-29-24-22(16)20(5-6-28-24)35-23-17(26)8-15(9-18(23)27)10-21-30-12-25(2,13-33)14-34-21/h4-9,11,33H,3,10,12-14H2,1-2H3,(H,28,29). The summed E-state index contributed by atoms with van der Waals surface area (Å²) in [6.07, 6.45) is 5.11. The summed E-state index contributed by atoms with van der Waals surface area (Å²) >= 11 is 0. The van der Waals surface area contributed by atoms with E-state index in [2.05, 4.69) is 20.1 Å². The number of nitrogens with one attached hydrogen (secondary N) is 1. The highest BCUT2D eigenvalue weighted by molar-refractivity contribution is 5.97. The fourth-order valence-electron chi connectivity index (χ4n) is 4.05. The van der Waals surface area contributed by atoms with Gasteiger partial charge in [-0.25, -0.2) is 13.8 Å². The molecule has 0 saturated heterocycles. The van der Waals surface area contributed by atoms with E-state index >= 15 is 8.78 Å². The molecule has 4 aromatic rings. The third-order valence-corrected chi connectivity index (χ3v) is 6.06. The number of pyridine rings is 1. The molecular weight excluding hydrogens is 456 g/mol. The number of hydrogen-bond acceptors (Lipinski definition) is 6. The summed E-state index contributed by atoms with van der Waals surface area (Å²) in [5, 5.41) is 14.3. The van der Waals surface area contributed by atoms with Crippen LogP contribution in [0.2, 0.25) is 0 Å². The van der Waals surface area contributed by atoms with E-state index in [-0.39, 0.29) is 18.8 Å². The third-order valence-electron chi connectivity index (χ3n) is 6.06. The highest BCUT2D eigenvalue weighted by atomic mass is 19.1. The number of H-pyrrole nitrogens is 1. The Morgan fingerprint density at radius 1 is 1.23 bits per heavy atom. The minimum Gasteiger partial charge on any atom is -0.480 e. The summed E-state index contributed by atoms with van der Waals surface area (Å²) in [6, 6.07) is 5.86. The van der Waals surface area contributed by atoms with Crippen molar-refractivity contribution in [3.8, 4) is 22.8 Å². The van der Waals surface area contributed by atoms with E-state index in [1.165, 1.54) is 18.3 Å². The summed E-state index contributed by atoms with van der Waals surface area (Å²) in [5.41, 5.74) is 2.05. The van der Waals surface area contributed by atoms with Crippen molar-refractivity contribution < 1.29 is 23.4 Å². The third kappa shape index (κ3) is 4.37. The molecule has 1 unspecified atom stereocenters. The average molecular weight is 482 g/mol. The van der Waals surface area contributed by atoms with E-state index in [0.29, 0.717) is 42.2 Å². The SMILES string of the molecule is CCn1nccc1-c1c[nH]c2nccc(Oc3c(F)cc(CC4=NCC(C)(CO)CO4)cc3F)c12. The Labute approximate surface area is 200 Å². The van der Waals surface area contributed by atoms with E-state index in [1.54, 1.807) is 18.5 Å². The first kappa shape index (κ1) is 23.0. The molecule has 0 amide bonds. The number of hydrogen-bond donors (Lipinski definition) is 2. The maximum Gasteiger partial charge on any atom is 0.198 e. The summed E-state index contributed by atoms with van der Waals surface area (Å²) < 4.78 is 43.3. The van der Waals surface area contributed by atoms with E-state index in [0.717, 1.165) is 11.3 Å². The molecule has 8 nitrogen and oxygen atoms in total. The van der Waals surface area contributed by atoms with Crippen LogP contribution in [0.4, 0.5) is 8.78 Å². The second kappa shape index (κ2) is 9.10. The Kier molecular flexibility index (Phi) is 5.98. The molecule has 0 aliphatic carbocycles. The van der Waals surface area contributed by atoms with Gasteiger partial charge in [-0.05, 0) is 36.8 Å². The van der Waals surface area contributed by atoms with Gasteiger partial charge in [0.1, 0.15) is 11.4 Å². The first-order valence-corrected chi connectivity index (χ1v) is 11.3. The monoisotopic (exact) mass is 481 g/mol. The lowest BCUT2D eigenvalue weighted by Crippen LogP contribution is -2.36. The molecular formula is C25H25F2N5O3. The molecule has 1 aliphatic heterocycles. The predicted molar refractivity (Wildman–Crippen MR) is 127 cm³/mol. The average Bonchev–Trinajstić information content (AvgIpc) is 3.50. The smallest absolute Gasteiger partial charge is 0.198 e. The molecule has 0 saturated carbocycles. The molecule has 2 N–H and O–H groups in total. The van der Waals surface area contributed by atoms with Crippen LogP contribution in [0, 0.1) is 17.0 Å². The zero-order valence-corrected chi connectivity index (χ0v) is 19.4. The Balaban J connectivity index is 1.44. The number of ether oxygens (including phenoxy) is 2. The van der Waals surface area contributed by atoms with Gasteiger partial charge in [-0.2, -0.15) is 5.10 Å². The molecule has 0 bridgehead atoms. The van der Waals surface area contributed by atoms with Gasteiger partial charge in [0.05, 0.1) is 30.8 Å². The van der Waals surface area contributed by atoms with Crippen LogP contribution in [-0.2, 0) is 17.7 Å². The van der Waals surface area contributed by atoms with Crippen molar-refractivity contribution in [3.05, 3.63) is 60.1 Å². The first-order chi connectivity index (χ1) is 16.9. The zero-order valence-electron chi connectivity index (χ0n) is 19.4. The number of aromatic amines is 1. The topological polar surface area (TPSA) is 97.6 Å². The zero-order chi connectivity index (χ0) is 24.6. The van der Waals surface area contributed by atoms with Gasteiger partial charge in [0.25, 0.3) is 0 Å².